The van der Waals surface area contributed by atoms with Crippen LogP contribution in [0.25, 0.3) is 0 Å². The fourth-order valence-electron chi connectivity index (χ4n) is 3.37. The number of nitrogens with zero attached hydrogens (tertiary/aromatic N) is 1. The minimum Gasteiger partial charge on any atom is -0.497 e. The van der Waals surface area contributed by atoms with Gasteiger partial charge in [0.25, 0.3) is 0 Å². The monoisotopic (exact) mass is 532 g/mol. The minimum atomic E-state index is -3.67. The Labute approximate surface area is 216 Å². The van der Waals surface area contributed by atoms with E-state index >= 15 is 0 Å². The van der Waals surface area contributed by atoms with E-state index in [0.29, 0.717) is 46.7 Å². The van der Waals surface area contributed by atoms with Crippen LogP contribution < -0.4 is 23.8 Å². The van der Waals surface area contributed by atoms with Gasteiger partial charge in [-0.25, -0.2) is 8.42 Å². The summed E-state index contributed by atoms with van der Waals surface area (Å²) >= 11 is 6.17. The van der Waals surface area contributed by atoms with Crippen LogP contribution in [0.2, 0.25) is 5.02 Å². The van der Waals surface area contributed by atoms with Crippen molar-refractivity contribution < 1.29 is 27.4 Å². The lowest BCUT2D eigenvalue weighted by molar-refractivity contribution is -0.121. The third-order valence-corrected chi connectivity index (χ3v) is 6.48. The van der Waals surface area contributed by atoms with Gasteiger partial charge in [-0.05, 0) is 48.9 Å². The molecule has 0 saturated heterocycles. The third-order valence-electron chi connectivity index (χ3n) is 5.06. The van der Waals surface area contributed by atoms with E-state index in [9.17, 15) is 13.2 Å². The zero-order chi connectivity index (χ0) is 26.0. The number of halogens is 1. The molecule has 0 aliphatic heterocycles. The Bertz CT molecular complexity index is 1250. The number of anilines is 1. The largest absolute Gasteiger partial charge is 0.497 e. The highest BCUT2D eigenvalue weighted by Gasteiger charge is 2.22. The van der Waals surface area contributed by atoms with Crippen LogP contribution in [0.3, 0.4) is 0 Å². The minimum absolute atomic E-state index is 0.0814. The van der Waals surface area contributed by atoms with Crippen molar-refractivity contribution in [2.75, 3.05) is 37.4 Å². The van der Waals surface area contributed by atoms with Crippen LogP contribution in [0.5, 0.6) is 23.0 Å². The number of para-hydroxylation sites is 1. The van der Waals surface area contributed by atoms with E-state index in [1.807, 2.05) is 30.3 Å². The van der Waals surface area contributed by atoms with Crippen molar-refractivity contribution >= 4 is 33.2 Å². The Morgan fingerprint density at radius 3 is 2.42 bits per heavy atom. The van der Waals surface area contributed by atoms with Crippen molar-refractivity contribution in [3.8, 4) is 23.0 Å². The molecule has 0 heterocycles. The summed E-state index contributed by atoms with van der Waals surface area (Å²) in [5, 5.41) is 3.15. The molecule has 0 saturated carbocycles. The third kappa shape index (κ3) is 8.35. The molecule has 36 heavy (non-hydrogen) atoms. The van der Waals surface area contributed by atoms with Crippen LogP contribution >= 0.6 is 11.6 Å². The zero-order valence-corrected chi connectivity index (χ0v) is 21.7. The molecular weight excluding hydrogens is 504 g/mol. The number of carbonyl (C=O) groups is 1. The number of benzene rings is 3. The first-order valence-electron chi connectivity index (χ1n) is 11.3. The normalized spacial score (nSPS) is 11.0. The summed E-state index contributed by atoms with van der Waals surface area (Å²) in [7, 11) is -2.09. The lowest BCUT2D eigenvalue weighted by Crippen LogP contribution is -2.33. The summed E-state index contributed by atoms with van der Waals surface area (Å²) in [5.41, 5.74) is 0.306. The van der Waals surface area contributed by atoms with E-state index in [-0.39, 0.29) is 25.5 Å². The predicted octanol–water partition coefficient (Wildman–Crippen LogP) is 4.88. The van der Waals surface area contributed by atoms with Gasteiger partial charge >= 0.3 is 0 Å². The number of hydrogen-bond donors (Lipinski definition) is 1. The van der Waals surface area contributed by atoms with Crippen LogP contribution in [-0.4, -0.2) is 47.4 Å². The Morgan fingerprint density at radius 1 is 0.972 bits per heavy atom. The van der Waals surface area contributed by atoms with E-state index in [0.717, 1.165) is 6.26 Å². The van der Waals surface area contributed by atoms with Crippen LogP contribution in [0, 0.1) is 0 Å². The molecule has 0 bridgehead atoms. The average Bonchev–Trinajstić information content (AvgIpc) is 2.86. The standard InChI is InChI=1S/C26H29ClN2O6S/c1-33-22-10-6-11-23(19-22)34-17-15-28-26(30)12-7-16-29(36(2,31)32)24-18-20(27)13-14-25(24)35-21-8-4-3-5-9-21/h3-6,8-11,13-14,18-19H,7,12,15-17H2,1-2H3,(H,28,30). The van der Waals surface area contributed by atoms with Crippen molar-refractivity contribution in [2.45, 2.75) is 12.8 Å². The van der Waals surface area contributed by atoms with E-state index in [2.05, 4.69) is 5.32 Å². The molecule has 0 aliphatic rings. The van der Waals surface area contributed by atoms with Gasteiger partial charge in [0.1, 0.15) is 23.9 Å². The summed E-state index contributed by atoms with van der Waals surface area (Å²) in [6.07, 6.45) is 1.55. The molecule has 10 heteroatoms. The Balaban J connectivity index is 1.55. The van der Waals surface area contributed by atoms with Gasteiger partial charge in [-0.2, -0.15) is 0 Å². The molecule has 192 valence electrons. The van der Waals surface area contributed by atoms with Crippen LogP contribution in [-0.2, 0) is 14.8 Å². The molecule has 0 fully saturated rings. The van der Waals surface area contributed by atoms with Gasteiger partial charge < -0.3 is 19.5 Å². The number of rotatable bonds is 13. The summed E-state index contributed by atoms with van der Waals surface area (Å²) in [6.45, 7) is 0.685. The van der Waals surface area contributed by atoms with Crippen LogP contribution in [0.4, 0.5) is 5.69 Å². The molecule has 0 unspecified atom stereocenters. The van der Waals surface area contributed by atoms with Gasteiger partial charge in [0.05, 0.1) is 25.6 Å². The molecule has 3 aromatic rings. The van der Waals surface area contributed by atoms with Crippen molar-refractivity contribution in [3.63, 3.8) is 0 Å². The molecule has 8 nitrogen and oxygen atoms in total. The highest BCUT2D eigenvalue weighted by Crippen LogP contribution is 2.36. The van der Waals surface area contributed by atoms with Crippen molar-refractivity contribution in [1.29, 1.82) is 0 Å². The van der Waals surface area contributed by atoms with Gasteiger partial charge in [-0.3, -0.25) is 9.10 Å². The molecular formula is C26H29ClN2O6S. The molecule has 0 atom stereocenters. The topological polar surface area (TPSA) is 94.2 Å². The SMILES string of the molecule is COc1cccc(OCCNC(=O)CCCN(c2cc(Cl)ccc2Oc2ccccc2)S(C)(=O)=O)c1. The van der Waals surface area contributed by atoms with E-state index in [1.165, 1.54) is 10.4 Å². The van der Waals surface area contributed by atoms with Gasteiger partial charge in [0, 0.05) is 24.1 Å². The summed E-state index contributed by atoms with van der Waals surface area (Å²) in [5.74, 6) is 2.02. The number of carbonyl (C=O) groups excluding carboxylic acids is 1. The molecule has 0 aromatic heterocycles. The number of amides is 1. The number of nitrogens with one attached hydrogen (secondary N) is 1. The van der Waals surface area contributed by atoms with E-state index < -0.39 is 10.0 Å². The van der Waals surface area contributed by atoms with Crippen molar-refractivity contribution in [1.82, 2.24) is 5.32 Å². The number of hydrogen-bond acceptors (Lipinski definition) is 6. The maximum atomic E-state index is 12.6. The van der Waals surface area contributed by atoms with Crippen molar-refractivity contribution in [2.24, 2.45) is 0 Å². The van der Waals surface area contributed by atoms with Gasteiger partial charge in [-0.1, -0.05) is 35.9 Å². The number of methoxy groups -OCH3 is 1. The first-order chi connectivity index (χ1) is 17.3. The molecule has 1 amide bonds. The summed E-state index contributed by atoms with van der Waals surface area (Å²) in [6, 6.07) is 21.0. The number of ether oxygens (including phenoxy) is 3. The van der Waals surface area contributed by atoms with Gasteiger partial charge in [-0.15, -0.1) is 0 Å². The number of sulfonamides is 1. The Morgan fingerprint density at radius 2 is 1.69 bits per heavy atom. The lowest BCUT2D eigenvalue weighted by atomic mass is 10.2. The highest BCUT2D eigenvalue weighted by atomic mass is 35.5. The zero-order valence-electron chi connectivity index (χ0n) is 20.1. The van der Waals surface area contributed by atoms with Crippen LogP contribution in [0.1, 0.15) is 12.8 Å². The summed E-state index contributed by atoms with van der Waals surface area (Å²) < 4.78 is 43.1. The summed E-state index contributed by atoms with van der Waals surface area (Å²) in [4.78, 5) is 12.3. The fraction of sp³-hybridized carbons (Fsp3) is 0.269. The molecule has 0 radical (unpaired) electrons. The average molecular weight is 533 g/mol. The lowest BCUT2D eigenvalue weighted by Gasteiger charge is -2.25. The molecule has 3 rings (SSSR count). The molecule has 3 aromatic carbocycles. The smallest absolute Gasteiger partial charge is 0.232 e. The molecule has 0 aliphatic carbocycles. The maximum Gasteiger partial charge on any atom is 0.232 e. The van der Waals surface area contributed by atoms with Gasteiger partial charge in [0.2, 0.25) is 15.9 Å². The fourth-order valence-corrected chi connectivity index (χ4v) is 4.50. The van der Waals surface area contributed by atoms with Crippen LogP contribution in [0.15, 0.2) is 72.8 Å². The van der Waals surface area contributed by atoms with E-state index in [4.69, 9.17) is 25.8 Å². The first kappa shape index (κ1) is 27.2. The Hall–Kier alpha value is -3.43. The molecule has 1 N–H and O–H groups in total. The second-order valence-electron chi connectivity index (χ2n) is 7.84. The Kier molecular flexibility index (Phi) is 9.84. The second-order valence-corrected chi connectivity index (χ2v) is 10.2. The molecule has 0 spiro atoms. The predicted molar refractivity (Wildman–Crippen MR) is 141 cm³/mol. The highest BCUT2D eigenvalue weighted by molar-refractivity contribution is 7.92. The second kappa shape index (κ2) is 13.0. The first-order valence-corrected chi connectivity index (χ1v) is 13.5. The van der Waals surface area contributed by atoms with E-state index in [1.54, 1.807) is 43.5 Å². The maximum absolute atomic E-state index is 12.6. The van der Waals surface area contributed by atoms with Crippen molar-refractivity contribution in [3.05, 3.63) is 77.8 Å². The quantitative estimate of drug-likeness (QED) is 0.315. The van der Waals surface area contributed by atoms with Gasteiger partial charge in [0.15, 0.2) is 5.75 Å².